The fourth-order valence-corrected chi connectivity index (χ4v) is 3.29. The van der Waals surface area contributed by atoms with Gasteiger partial charge in [0, 0.05) is 12.1 Å². The number of halogens is 1. The summed E-state index contributed by atoms with van der Waals surface area (Å²) >= 11 is 6.00. The minimum atomic E-state index is -0.835. The molecule has 2 aromatic heterocycles. The van der Waals surface area contributed by atoms with E-state index in [1.807, 2.05) is 0 Å². The maximum atomic E-state index is 13.2. The van der Waals surface area contributed by atoms with Gasteiger partial charge in [-0.2, -0.15) is 4.98 Å². The van der Waals surface area contributed by atoms with Gasteiger partial charge >= 0.3 is 5.97 Å². The fourth-order valence-electron chi connectivity index (χ4n) is 3.13. The maximum Gasteiger partial charge on any atom is 0.306 e. The second-order valence-electron chi connectivity index (χ2n) is 6.18. The van der Waals surface area contributed by atoms with Crippen molar-refractivity contribution < 1.29 is 24.1 Å². The van der Waals surface area contributed by atoms with Crippen molar-refractivity contribution >= 4 is 23.2 Å². The molecule has 0 aliphatic carbocycles. The van der Waals surface area contributed by atoms with E-state index in [9.17, 15) is 14.7 Å². The number of ether oxygens (including phenoxy) is 3. The average Bonchev–Trinajstić information content (AvgIpc) is 2.72. The van der Waals surface area contributed by atoms with Crippen LogP contribution < -0.4 is 15.0 Å². The van der Waals surface area contributed by atoms with E-state index < -0.39 is 23.3 Å². The number of benzene rings is 1. The molecule has 3 rings (SSSR count). The number of carbonyl (C=O) groups excluding carboxylic acids is 1. The van der Waals surface area contributed by atoms with Crippen LogP contribution in [0.15, 0.2) is 41.3 Å². The molecular formula is C20H19ClN2O6. The number of nitrogens with zero attached hydrogens (tertiary/aromatic N) is 2. The molecule has 0 bridgehead atoms. The molecule has 0 radical (unpaired) electrons. The molecule has 1 atom stereocenters. The van der Waals surface area contributed by atoms with Crippen LogP contribution in [0.3, 0.4) is 0 Å². The molecule has 8 nitrogen and oxygen atoms in total. The van der Waals surface area contributed by atoms with Gasteiger partial charge in [-0.15, -0.1) is 0 Å². The van der Waals surface area contributed by atoms with Crippen molar-refractivity contribution in [2.75, 3.05) is 21.3 Å². The van der Waals surface area contributed by atoms with Gasteiger partial charge in [-0.25, -0.2) is 0 Å². The number of rotatable bonds is 6. The topological polar surface area (TPSA) is 99.4 Å². The Morgan fingerprint density at radius 3 is 2.55 bits per heavy atom. The Balaban J connectivity index is 2.25. The molecule has 1 N–H and O–H groups in total. The molecule has 0 unspecified atom stereocenters. The van der Waals surface area contributed by atoms with Crippen molar-refractivity contribution in [1.29, 1.82) is 0 Å². The zero-order valence-electron chi connectivity index (χ0n) is 16.0. The molecular weight excluding hydrogens is 400 g/mol. The van der Waals surface area contributed by atoms with Gasteiger partial charge in [0.15, 0.2) is 11.5 Å². The third kappa shape index (κ3) is 3.97. The van der Waals surface area contributed by atoms with Gasteiger partial charge in [0.25, 0.3) is 5.56 Å². The minimum Gasteiger partial charge on any atom is -0.493 e. The molecule has 9 heteroatoms. The highest BCUT2D eigenvalue weighted by atomic mass is 35.5. The fraction of sp³-hybridized carbons (Fsp3) is 0.250. The number of hydrogen-bond donors (Lipinski definition) is 1. The number of methoxy groups -OCH3 is 3. The van der Waals surface area contributed by atoms with E-state index in [1.54, 1.807) is 24.3 Å². The normalized spacial score (nSPS) is 11.9. The lowest BCUT2D eigenvalue weighted by atomic mass is 9.89. The molecule has 0 fully saturated rings. The molecule has 3 aromatic rings. The summed E-state index contributed by atoms with van der Waals surface area (Å²) < 4.78 is 16.6. The van der Waals surface area contributed by atoms with Gasteiger partial charge in [-0.3, -0.25) is 14.0 Å². The zero-order valence-corrected chi connectivity index (χ0v) is 16.8. The van der Waals surface area contributed by atoms with Gasteiger partial charge in [0.05, 0.1) is 38.3 Å². The lowest BCUT2D eigenvalue weighted by Gasteiger charge is -2.19. The molecule has 0 saturated heterocycles. The number of aromatic hydroxyl groups is 1. The smallest absolute Gasteiger partial charge is 0.306 e. The summed E-state index contributed by atoms with van der Waals surface area (Å²) in [5, 5.41) is 10.9. The van der Waals surface area contributed by atoms with E-state index in [0.717, 1.165) is 0 Å². The zero-order chi connectivity index (χ0) is 21.1. The molecule has 29 heavy (non-hydrogen) atoms. The molecule has 2 heterocycles. The summed E-state index contributed by atoms with van der Waals surface area (Å²) in [6, 6.07) is 8.04. The maximum absolute atomic E-state index is 13.2. The van der Waals surface area contributed by atoms with E-state index in [2.05, 4.69) is 4.98 Å². The van der Waals surface area contributed by atoms with Crippen molar-refractivity contribution in [3.63, 3.8) is 0 Å². The van der Waals surface area contributed by atoms with Crippen LogP contribution in [-0.2, 0) is 9.53 Å². The molecule has 0 aliphatic heterocycles. The molecule has 1 aromatic carbocycles. The summed E-state index contributed by atoms with van der Waals surface area (Å²) in [5.74, 6) is -0.965. The van der Waals surface area contributed by atoms with Crippen LogP contribution in [-0.4, -0.2) is 41.8 Å². The van der Waals surface area contributed by atoms with Gasteiger partial charge in [-0.1, -0.05) is 17.7 Å². The predicted octanol–water partition coefficient (Wildman–Crippen LogP) is 2.77. The Morgan fingerprint density at radius 2 is 1.90 bits per heavy atom. The van der Waals surface area contributed by atoms with Crippen molar-refractivity contribution in [3.05, 3.63) is 63.0 Å². The van der Waals surface area contributed by atoms with Gasteiger partial charge in [0.2, 0.25) is 5.88 Å². The number of hydrogen-bond acceptors (Lipinski definition) is 7. The van der Waals surface area contributed by atoms with Crippen LogP contribution in [0.1, 0.15) is 23.5 Å². The second kappa shape index (κ2) is 8.40. The van der Waals surface area contributed by atoms with Crippen molar-refractivity contribution in [1.82, 2.24) is 9.38 Å². The Hall–Kier alpha value is -3.26. The Labute approximate surface area is 171 Å². The lowest BCUT2D eigenvalue weighted by molar-refractivity contribution is -0.140. The second-order valence-corrected chi connectivity index (χ2v) is 6.61. The first kappa shape index (κ1) is 20.5. The van der Waals surface area contributed by atoms with Crippen LogP contribution in [0.4, 0.5) is 0 Å². The van der Waals surface area contributed by atoms with E-state index in [1.165, 1.54) is 38.0 Å². The van der Waals surface area contributed by atoms with Crippen molar-refractivity contribution in [2.24, 2.45) is 0 Å². The highest BCUT2D eigenvalue weighted by Gasteiger charge is 2.28. The predicted molar refractivity (Wildman–Crippen MR) is 106 cm³/mol. The Morgan fingerprint density at radius 1 is 1.17 bits per heavy atom. The number of fused-ring (bicyclic) bond motifs is 1. The third-order valence-corrected chi connectivity index (χ3v) is 4.78. The third-order valence-electron chi connectivity index (χ3n) is 4.56. The van der Waals surface area contributed by atoms with Crippen LogP contribution in [0.5, 0.6) is 17.4 Å². The van der Waals surface area contributed by atoms with Gasteiger partial charge < -0.3 is 19.3 Å². The monoisotopic (exact) mass is 418 g/mol. The largest absolute Gasteiger partial charge is 0.493 e. The summed E-state index contributed by atoms with van der Waals surface area (Å²) in [4.78, 5) is 29.3. The first-order chi connectivity index (χ1) is 13.9. The summed E-state index contributed by atoms with van der Waals surface area (Å²) in [5.41, 5.74) is 0.176. The number of aromatic nitrogens is 2. The number of pyridine rings is 1. The van der Waals surface area contributed by atoms with Gasteiger partial charge in [-0.05, 0) is 29.8 Å². The minimum absolute atomic E-state index is 0.0533. The summed E-state index contributed by atoms with van der Waals surface area (Å²) in [6.45, 7) is 0. The summed E-state index contributed by atoms with van der Waals surface area (Å²) in [6.07, 6.45) is 1.21. The highest BCUT2D eigenvalue weighted by Crippen LogP contribution is 2.36. The first-order valence-corrected chi connectivity index (χ1v) is 8.97. The molecule has 0 saturated carbocycles. The average molecular weight is 419 g/mol. The standard InChI is InChI=1S/C20H19ClN2O6/c1-27-14-6-4-11(8-15(14)28-2)13(9-17(24)29-3)18-19(25)22-16-7-5-12(21)10-23(16)20(18)26/h4-8,10,13,25H,9H2,1-3H3/t13-/m1/s1. The summed E-state index contributed by atoms with van der Waals surface area (Å²) in [7, 11) is 4.22. The van der Waals surface area contributed by atoms with E-state index in [-0.39, 0.29) is 17.6 Å². The van der Waals surface area contributed by atoms with E-state index in [0.29, 0.717) is 22.1 Å². The highest BCUT2D eigenvalue weighted by molar-refractivity contribution is 6.30. The van der Waals surface area contributed by atoms with Crippen molar-refractivity contribution in [2.45, 2.75) is 12.3 Å². The van der Waals surface area contributed by atoms with Crippen LogP contribution >= 0.6 is 11.6 Å². The van der Waals surface area contributed by atoms with E-state index in [4.69, 9.17) is 25.8 Å². The lowest BCUT2D eigenvalue weighted by Crippen LogP contribution is -2.24. The Kier molecular flexibility index (Phi) is 5.93. The van der Waals surface area contributed by atoms with Crippen LogP contribution in [0.2, 0.25) is 5.02 Å². The quantitative estimate of drug-likeness (QED) is 0.614. The molecule has 0 spiro atoms. The SMILES string of the molecule is COC(=O)C[C@H](c1ccc(OC)c(OC)c1)c1c(O)nc2ccc(Cl)cn2c1=O. The molecule has 0 aliphatic rings. The van der Waals surface area contributed by atoms with Crippen LogP contribution in [0, 0.1) is 0 Å². The number of carbonyl (C=O) groups is 1. The van der Waals surface area contributed by atoms with Crippen LogP contribution in [0.25, 0.3) is 5.65 Å². The first-order valence-electron chi connectivity index (χ1n) is 8.59. The van der Waals surface area contributed by atoms with E-state index >= 15 is 0 Å². The Bertz CT molecular complexity index is 1130. The van der Waals surface area contributed by atoms with Crippen molar-refractivity contribution in [3.8, 4) is 17.4 Å². The number of esters is 1. The molecule has 0 amide bonds. The molecule has 152 valence electrons. The van der Waals surface area contributed by atoms with Gasteiger partial charge in [0.1, 0.15) is 5.65 Å².